The van der Waals surface area contributed by atoms with E-state index in [0.717, 1.165) is 22.5 Å². The van der Waals surface area contributed by atoms with Gasteiger partial charge in [0.1, 0.15) is 11.5 Å². The highest BCUT2D eigenvalue weighted by atomic mass is 19.1. The van der Waals surface area contributed by atoms with Gasteiger partial charge in [0.05, 0.1) is 23.6 Å². The van der Waals surface area contributed by atoms with E-state index in [2.05, 4.69) is 15.9 Å². The fraction of sp³-hybridized carbons (Fsp3) is 0.136. The van der Waals surface area contributed by atoms with Crippen molar-refractivity contribution in [3.63, 3.8) is 0 Å². The van der Waals surface area contributed by atoms with Gasteiger partial charge < -0.3 is 5.73 Å². The largest absolute Gasteiger partial charge is 0.368 e. The Morgan fingerprint density at radius 3 is 2.69 bits per heavy atom. The van der Waals surface area contributed by atoms with Crippen molar-refractivity contribution in [3.05, 3.63) is 66.2 Å². The number of anilines is 1. The van der Waals surface area contributed by atoms with Crippen LogP contribution in [0, 0.1) is 18.2 Å². The predicted octanol–water partition coefficient (Wildman–Crippen LogP) is 3.24. The van der Waals surface area contributed by atoms with Crippen molar-refractivity contribution in [2.75, 3.05) is 19.3 Å². The number of fused-ring (bicyclic) bond motifs is 1. The number of pyridine rings is 1. The number of imidazole rings is 1. The number of rotatable bonds is 5. The monoisotopic (exact) mass is 386 g/mol. The van der Waals surface area contributed by atoms with Gasteiger partial charge in [-0.05, 0) is 55.1 Å². The van der Waals surface area contributed by atoms with Crippen LogP contribution >= 0.6 is 0 Å². The Bertz CT molecular complexity index is 1210. The molecule has 4 rings (SSSR count). The Morgan fingerprint density at radius 2 is 1.97 bits per heavy atom. The molecule has 0 fully saturated rings. The van der Waals surface area contributed by atoms with Crippen molar-refractivity contribution in [3.8, 4) is 35.0 Å². The molecule has 0 spiro atoms. The van der Waals surface area contributed by atoms with E-state index in [9.17, 15) is 4.39 Å². The highest BCUT2D eigenvalue weighted by molar-refractivity contribution is 5.80. The lowest BCUT2D eigenvalue weighted by atomic mass is 10.1. The van der Waals surface area contributed by atoms with Crippen molar-refractivity contribution < 1.29 is 4.39 Å². The van der Waals surface area contributed by atoms with E-state index in [-0.39, 0.29) is 11.8 Å². The van der Waals surface area contributed by atoms with Crippen LogP contribution in [0.15, 0.2) is 54.9 Å². The Labute approximate surface area is 167 Å². The fourth-order valence-electron chi connectivity index (χ4n) is 3.27. The predicted molar refractivity (Wildman–Crippen MR) is 111 cm³/mol. The molecule has 0 bridgehead atoms. The number of hydrogen-bond acceptors (Lipinski definition) is 5. The van der Waals surface area contributed by atoms with Gasteiger partial charge in [-0.25, -0.2) is 19.3 Å². The average molecular weight is 386 g/mol. The number of halogens is 1. The molecular formula is C22H19FN6. The maximum atomic E-state index is 13.4. The standard InChI is InChI=1S/C22H19FN6/c1-3-11-28(2)14-15-9-12-29-19(13-15)27-20(16-4-6-17(23)7-5-16)21(29)18-8-10-25-22(24)26-18/h1,4-10,12-13H,11,14H2,2H3,(H2,24,25,26). The minimum atomic E-state index is -0.302. The van der Waals surface area contributed by atoms with Crippen molar-refractivity contribution in [1.82, 2.24) is 24.3 Å². The van der Waals surface area contributed by atoms with Gasteiger partial charge in [-0.1, -0.05) is 5.92 Å². The second-order valence-corrected chi connectivity index (χ2v) is 6.76. The minimum Gasteiger partial charge on any atom is -0.368 e. The number of nitrogen functional groups attached to an aromatic ring is 1. The molecule has 0 radical (unpaired) electrons. The summed E-state index contributed by atoms with van der Waals surface area (Å²) < 4.78 is 15.4. The summed E-state index contributed by atoms with van der Waals surface area (Å²) in [5, 5.41) is 0. The van der Waals surface area contributed by atoms with E-state index in [4.69, 9.17) is 17.1 Å². The maximum absolute atomic E-state index is 13.4. The summed E-state index contributed by atoms with van der Waals surface area (Å²) in [5.41, 5.74) is 10.5. The van der Waals surface area contributed by atoms with Crippen LogP contribution in [-0.2, 0) is 6.54 Å². The van der Waals surface area contributed by atoms with Gasteiger partial charge in [-0.15, -0.1) is 6.42 Å². The molecule has 0 unspecified atom stereocenters. The van der Waals surface area contributed by atoms with Crippen molar-refractivity contribution in [1.29, 1.82) is 0 Å². The smallest absolute Gasteiger partial charge is 0.220 e. The highest BCUT2D eigenvalue weighted by Gasteiger charge is 2.18. The van der Waals surface area contributed by atoms with Gasteiger partial charge >= 0.3 is 0 Å². The molecule has 2 N–H and O–H groups in total. The summed E-state index contributed by atoms with van der Waals surface area (Å²) in [6.45, 7) is 1.27. The molecule has 0 saturated carbocycles. The van der Waals surface area contributed by atoms with Crippen LogP contribution in [0.3, 0.4) is 0 Å². The number of nitrogens with zero attached hydrogens (tertiary/aromatic N) is 5. The number of nitrogens with two attached hydrogens (primary N) is 1. The van der Waals surface area contributed by atoms with Gasteiger partial charge in [0.2, 0.25) is 5.95 Å². The van der Waals surface area contributed by atoms with Crippen LogP contribution < -0.4 is 5.73 Å². The molecule has 1 aromatic carbocycles. The zero-order valence-corrected chi connectivity index (χ0v) is 15.9. The summed E-state index contributed by atoms with van der Waals surface area (Å²) in [6.07, 6.45) is 8.94. The molecule has 3 heterocycles. The molecule has 0 aliphatic rings. The Hall–Kier alpha value is -3.76. The van der Waals surface area contributed by atoms with E-state index < -0.39 is 0 Å². The lowest BCUT2D eigenvalue weighted by Gasteiger charge is -2.13. The van der Waals surface area contributed by atoms with Gasteiger partial charge in [0.15, 0.2) is 0 Å². The van der Waals surface area contributed by atoms with E-state index in [1.807, 2.05) is 34.7 Å². The first kappa shape index (κ1) is 18.6. The van der Waals surface area contributed by atoms with Gasteiger partial charge in [-0.3, -0.25) is 9.30 Å². The Balaban J connectivity index is 1.88. The number of hydrogen-bond donors (Lipinski definition) is 1. The van der Waals surface area contributed by atoms with E-state index in [0.29, 0.717) is 24.5 Å². The molecule has 144 valence electrons. The molecule has 29 heavy (non-hydrogen) atoms. The second kappa shape index (κ2) is 7.70. The normalized spacial score (nSPS) is 11.1. The average Bonchev–Trinajstić information content (AvgIpc) is 3.07. The van der Waals surface area contributed by atoms with Crippen molar-refractivity contribution in [2.45, 2.75) is 6.54 Å². The fourth-order valence-corrected chi connectivity index (χ4v) is 3.27. The molecule has 7 heteroatoms. The molecule has 6 nitrogen and oxygen atoms in total. The first-order valence-corrected chi connectivity index (χ1v) is 9.03. The van der Waals surface area contributed by atoms with Crippen molar-refractivity contribution >= 4 is 11.6 Å². The van der Waals surface area contributed by atoms with Crippen LogP contribution in [0.2, 0.25) is 0 Å². The van der Waals surface area contributed by atoms with Crippen LogP contribution in [0.1, 0.15) is 5.56 Å². The lowest BCUT2D eigenvalue weighted by Crippen LogP contribution is -2.17. The third-order valence-electron chi connectivity index (χ3n) is 4.54. The molecule has 0 aliphatic carbocycles. The summed E-state index contributed by atoms with van der Waals surface area (Å²) in [5.74, 6) is 2.51. The summed E-state index contributed by atoms with van der Waals surface area (Å²) >= 11 is 0. The molecule has 0 aliphatic heterocycles. The lowest BCUT2D eigenvalue weighted by molar-refractivity contribution is 0.369. The number of aromatic nitrogens is 4. The SMILES string of the molecule is C#CCN(C)Cc1ccn2c(-c3ccnc(N)n3)c(-c3ccc(F)cc3)nc2c1. The van der Waals surface area contributed by atoms with E-state index in [1.54, 1.807) is 24.4 Å². The van der Waals surface area contributed by atoms with Crippen molar-refractivity contribution in [2.24, 2.45) is 0 Å². The van der Waals surface area contributed by atoms with Crippen LogP contribution in [0.4, 0.5) is 10.3 Å². The van der Waals surface area contributed by atoms with E-state index in [1.165, 1.54) is 12.1 Å². The summed E-state index contributed by atoms with van der Waals surface area (Å²) in [6, 6.07) is 12.0. The summed E-state index contributed by atoms with van der Waals surface area (Å²) in [7, 11) is 1.97. The Kier molecular flexibility index (Phi) is 4.94. The third-order valence-corrected chi connectivity index (χ3v) is 4.54. The van der Waals surface area contributed by atoms with E-state index >= 15 is 0 Å². The first-order chi connectivity index (χ1) is 14.0. The van der Waals surface area contributed by atoms with Gasteiger partial charge in [0, 0.05) is 24.5 Å². The molecule has 4 aromatic rings. The molecule has 0 amide bonds. The second-order valence-electron chi connectivity index (χ2n) is 6.76. The maximum Gasteiger partial charge on any atom is 0.220 e. The Morgan fingerprint density at radius 1 is 1.17 bits per heavy atom. The van der Waals surface area contributed by atoms with Gasteiger partial charge in [0.25, 0.3) is 0 Å². The zero-order chi connectivity index (χ0) is 20.4. The zero-order valence-electron chi connectivity index (χ0n) is 15.9. The summed E-state index contributed by atoms with van der Waals surface area (Å²) in [4.78, 5) is 15.2. The van der Waals surface area contributed by atoms with Gasteiger partial charge in [-0.2, -0.15) is 0 Å². The highest BCUT2D eigenvalue weighted by Crippen LogP contribution is 2.32. The van der Waals surface area contributed by atoms with Crippen LogP contribution in [-0.4, -0.2) is 37.8 Å². The minimum absolute atomic E-state index is 0.176. The topological polar surface area (TPSA) is 72.3 Å². The number of benzene rings is 1. The first-order valence-electron chi connectivity index (χ1n) is 9.03. The molecule has 0 saturated heterocycles. The molecule has 3 aromatic heterocycles. The van der Waals surface area contributed by atoms with Crippen LogP contribution in [0.25, 0.3) is 28.3 Å². The number of terminal acetylenes is 1. The molecular weight excluding hydrogens is 367 g/mol. The van der Waals surface area contributed by atoms with Crippen LogP contribution in [0.5, 0.6) is 0 Å². The third kappa shape index (κ3) is 3.79. The quantitative estimate of drug-likeness (QED) is 0.533. The molecule has 0 atom stereocenters.